The lowest BCUT2D eigenvalue weighted by molar-refractivity contribution is -0.154. The maximum absolute atomic E-state index is 11.2. The van der Waals surface area contributed by atoms with E-state index < -0.39 is 0 Å². The first kappa shape index (κ1) is 15.3. The molecule has 0 saturated heterocycles. The second-order valence-corrected chi connectivity index (χ2v) is 3.34. The summed E-state index contributed by atoms with van der Waals surface area (Å²) in [5.74, 6) is -0.225. The number of rotatable bonds is 9. The summed E-state index contributed by atoms with van der Waals surface area (Å²) in [5.41, 5.74) is 0. The zero-order valence-electron chi connectivity index (χ0n) is 10.7. The summed E-state index contributed by atoms with van der Waals surface area (Å²) in [6.07, 6.45) is -0.283. The fraction of sp³-hybridized carbons (Fsp3) is 0.909. The van der Waals surface area contributed by atoms with Gasteiger partial charge >= 0.3 is 5.97 Å². The smallest absolute Gasteiger partial charge is 0.320 e. The standard InChI is InChI=1S/C11H23NO4/c1-5-14-10(13)8-12(4)9-11(15-6-2)16-7-3/h11H,5-9H2,1-4H3. The Balaban J connectivity index is 3.88. The molecule has 0 aromatic rings. The molecule has 0 saturated carbocycles. The van der Waals surface area contributed by atoms with Crippen molar-refractivity contribution >= 4 is 5.97 Å². The molecule has 0 bridgehead atoms. The van der Waals surface area contributed by atoms with Crippen LogP contribution in [0.1, 0.15) is 20.8 Å². The topological polar surface area (TPSA) is 48.0 Å². The maximum atomic E-state index is 11.2. The molecule has 0 rings (SSSR count). The molecular formula is C11H23NO4. The molecule has 0 aliphatic rings. The Kier molecular flexibility index (Phi) is 9.18. The first-order valence-electron chi connectivity index (χ1n) is 5.71. The normalized spacial score (nSPS) is 11.1. The van der Waals surface area contributed by atoms with Gasteiger partial charge in [-0.05, 0) is 27.8 Å². The van der Waals surface area contributed by atoms with Crippen molar-refractivity contribution in [1.29, 1.82) is 0 Å². The zero-order chi connectivity index (χ0) is 12.4. The molecule has 0 atom stereocenters. The highest BCUT2D eigenvalue weighted by Crippen LogP contribution is 1.98. The van der Waals surface area contributed by atoms with Crippen LogP contribution in [0.15, 0.2) is 0 Å². The van der Waals surface area contributed by atoms with E-state index in [0.29, 0.717) is 26.4 Å². The summed E-state index contributed by atoms with van der Waals surface area (Å²) >= 11 is 0. The molecule has 0 aromatic heterocycles. The Morgan fingerprint density at radius 1 is 1.12 bits per heavy atom. The average molecular weight is 233 g/mol. The molecule has 16 heavy (non-hydrogen) atoms. The van der Waals surface area contributed by atoms with Gasteiger partial charge in [0.1, 0.15) is 0 Å². The van der Waals surface area contributed by atoms with E-state index >= 15 is 0 Å². The van der Waals surface area contributed by atoms with Gasteiger partial charge in [0.05, 0.1) is 13.2 Å². The number of esters is 1. The highest BCUT2D eigenvalue weighted by molar-refractivity contribution is 5.71. The summed E-state index contributed by atoms with van der Waals surface area (Å²) in [7, 11) is 1.84. The largest absolute Gasteiger partial charge is 0.465 e. The van der Waals surface area contributed by atoms with Crippen LogP contribution in [0.2, 0.25) is 0 Å². The summed E-state index contributed by atoms with van der Waals surface area (Å²) in [6, 6.07) is 0. The van der Waals surface area contributed by atoms with Crippen molar-refractivity contribution < 1.29 is 19.0 Å². The van der Waals surface area contributed by atoms with Gasteiger partial charge in [0.2, 0.25) is 0 Å². The van der Waals surface area contributed by atoms with E-state index in [1.807, 2.05) is 25.8 Å². The van der Waals surface area contributed by atoms with Crippen LogP contribution in [0.4, 0.5) is 0 Å². The number of carbonyl (C=O) groups excluding carboxylic acids is 1. The first-order valence-corrected chi connectivity index (χ1v) is 5.71. The molecule has 5 nitrogen and oxygen atoms in total. The fourth-order valence-corrected chi connectivity index (χ4v) is 1.27. The molecule has 0 spiro atoms. The van der Waals surface area contributed by atoms with Crippen LogP contribution in [-0.2, 0) is 19.0 Å². The summed E-state index contributed by atoms with van der Waals surface area (Å²) in [6.45, 7) is 8.03. The predicted molar refractivity (Wildman–Crippen MR) is 61.2 cm³/mol. The van der Waals surface area contributed by atoms with Gasteiger partial charge in [0.25, 0.3) is 0 Å². The van der Waals surface area contributed by atoms with Gasteiger partial charge in [-0.15, -0.1) is 0 Å². The molecule has 0 aliphatic carbocycles. The van der Waals surface area contributed by atoms with E-state index in [1.54, 1.807) is 6.92 Å². The van der Waals surface area contributed by atoms with E-state index in [2.05, 4.69) is 0 Å². The minimum Gasteiger partial charge on any atom is -0.465 e. The van der Waals surface area contributed by atoms with Crippen molar-refractivity contribution in [2.45, 2.75) is 27.1 Å². The molecule has 0 heterocycles. The second-order valence-electron chi connectivity index (χ2n) is 3.34. The lowest BCUT2D eigenvalue weighted by Crippen LogP contribution is -2.36. The Morgan fingerprint density at radius 2 is 1.69 bits per heavy atom. The third-order valence-electron chi connectivity index (χ3n) is 1.87. The lowest BCUT2D eigenvalue weighted by Gasteiger charge is -2.22. The van der Waals surface area contributed by atoms with Crippen molar-refractivity contribution in [1.82, 2.24) is 4.90 Å². The number of carbonyl (C=O) groups is 1. The van der Waals surface area contributed by atoms with E-state index in [9.17, 15) is 4.79 Å². The van der Waals surface area contributed by atoms with Gasteiger partial charge in [-0.25, -0.2) is 0 Å². The van der Waals surface area contributed by atoms with Crippen LogP contribution in [-0.4, -0.2) is 57.1 Å². The summed E-state index contributed by atoms with van der Waals surface area (Å²) in [5, 5.41) is 0. The highest BCUT2D eigenvalue weighted by atomic mass is 16.7. The van der Waals surface area contributed by atoms with E-state index in [4.69, 9.17) is 14.2 Å². The monoisotopic (exact) mass is 233 g/mol. The van der Waals surface area contributed by atoms with Crippen molar-refractivity contribution in [3.05, 3.63) is 0 Å². The quantitative estimate of drug-likeness (QED) is 0.437. The Labute approximate surface area is 97.7 Å². The first-order chi connectivity index (χ1) is 7.63. The van der Waals surface area contributed by atoms with Crippen LogP contribution in [0.5, 0.6) is 0 Å². The highest BCUT2D eigenvalue weighted by Gasteiger charge is 2.14. The van der Waals surface area contributed by atoms with Gasteiger partial charge in [0.15, 0.2) is 6.29 Å². The van der Waals surface area contributed by atoms with Gasteiger partial charge in [0, 0.05) is 19.8 Å². The zero-order valence-corrected chi connectivity index (χ0v) is 10.7. The number of nitrogens with zero attached hydrogens (tertiary/aromatic N) is 1. The molecular weight excluding hydrogens is 210 g/mol. The van der Waals surface area contributed by atoms with Crippen LogP contribution >= 0.6 is 0 Å². The molecule has 0 aromatic carbocycles. The molecule has 0 amide bonds. The minimum absolute atomic E-state index is 0.225. The lowest BCUT2D eigenvalue weighted by atomic mass is 10.5. The van der Waals surface area contributed by atoms with Gasteiger partial charge in [-0.2, -0.15) is 0 Å². The van der Waals surface area contributed by atoms with Crippen molar-refractivity contribution in [2.75, 3.05) is 40.0 Å². The molecule has 5 heteroatoms. The third kappa shape index (κ3) is 7.62. The van der Waals surface area contributed by atoms with Gasteiger partial charge in [-0.3, -0.25) is 9.69 Å². The van der Waals surface area contributed by atoms with Crippen molar-refractivity contribution in [2.24, 2.45) is 0 Å². The Morgan fingerprint density at radius 3 is 2.12 bits per heavy atom. The molecule has 0 unspecified atom stereocenters. The Hall–Kier alpha value is -0.650. The van der Waals surface area contributed by atoms with Crippen LogP contribution in [0.3, 0.4) is 0 Å². The maximum Gasteiger partial charge on any atom is 0.320 e. The number of likely N-dealkylation sites (N-methyl/N-ethyl adjacent to an activating group) is 1. The molecule has 0 aliphatic heterocycles. The van der Waals surface area contributed by atoms with Crippen LogP contribution < -0.4 is 0 Å². The third-order valence-corrected chi connectivity index (χ3v) is 1.87. The molecule has 0 radical (unpaired) electrons. The second kappa shape index (κ2) is 9.57. The minimum atomic E-state index is -0.283. The Bertz CT molecular complexity index is 181. The molecule has 96 valence electrons. The van der Waals surface area contributed by atoms with E-state index in [-0.39, 0.29) is 18.8 Å². The van der Waals surface area contributed by atoms with Gasteiger partial charge < -0.3 is 14.2 Å². The fourth-order valence-electron chi connectivity index (χ4n) is 1.27. The van der Waals surface area contributed by atoms with Gasteiger partial charge in [-0.1, -0.05) is 0 Å². The number of hydrogen-bond acceptors (Lipinski definition) is 5. The van der Waals surface area contributed by atoms with Crippen LogP contribution in [0, 0.1) is 0 Å². The van der Waals surface area contributed by atoms with Crippen molar-refractivity contribution in [3.63, 3.8) is 0 Å². The molecule has 0 N–H and O–H groups in total. The van der Waals surface area contributed by atoms with E-state index in [0.717, 1.165) is 0 Å². The van der Waals surface area contributed by atoms with Crippen molar-refractivity contribution in [3.8, 4) is 0 Å². The molecule has 0 fully saturated rings. The summed E-state index contributed by atoms with van der Waals surface area (Å²) in [4.78, 5) is 13.0. The van der Waals surface area contributed by atoms with E-state index in [1.165, 1.54) is 0 Å². The van der Waals surface area contributed by atoms with Crippen LogP contribution in [0.25, 0.3) is 0 Å². The number of hydrogen-bond donors (Lipinski definition) is 0. The predicted octanol–water partition coefficient (Wildman–Crippen LogP) is 0.880. The average Bonchev–Trinajstić information content (AvgIpc) is 2.18. The number of ether oxygens (including phenoxy) is 3. The summed E-state index contributed by atoms with van der Waals surface area (Å²) < 4.78 is 15.6. The SMILES string of the molecule is CCOC(=O)CN(C)CC(OCC)OCC.